The first-order valence-electron chi connectivity index (χ1n) is 6.24. The zero-order valence-electron chi connectivity index (χ0n) is 11.2. The molecule has 0 aliphatic rings. The van der Waals surface area contributed by atoms with E-state index in [9.17, 15) is 0 Å². The van der Waals surface area contributed by atoms with Crippen molar-refractivity contribution >= 4 is 11.6 Å². The van der Waals surface area contributed by atoms with E-state index in [0.717, 1.165) is 11.4 Å². The lowest BCUT2D eigenvalue weighted by Gasteiger charge is -2.18. The molecule has 0 unspecified atom stereocenters. The molecule has 0 atom stereocenters. The van der Waals surface area contributed by atoms with Gasteiger partial charge in [0.15, 0.2) is 5.82 Å². The van der Waals surface area contributed by atoms with Crippen LogP contribution in [0.2, 0.25) is 0 Å². The second-order valence-corrected chi connectivity index (χ2v) is 4.28. The predicted octanol–water partition coefficient (Wildman–Crippen LogP) is 1.78. The lowest BCUT2D eigenvalue weighted by Crippen LogP contribution is -2.20. The Morgan fingerprint density at radius 1 is 1.30 bits per heavy atom. The molecule has 0 fully saturated rings. The fourth-order valence-corrected chi connectivity index (χ4v) is 1.75. The first-order chi connectivity index (χ1) is 9.74. The average molecular weight is 268 g/mol. The van der Waals surface area contributed by atoms with E-state index in [-0.39, 0.29) is 0 Å². The third-order valence-corrected chi connectivity index (χ3v) is 2.84. The van der Waals surface area contributed by atoms with Gasteiger partial charge >= 0.3 is 0 Å². The smallest absolute Gasteiger partial charge is 0.163 e. The largest absolute Gasteiger partial charge is 0.358 e. The fraction of sp³-hybridized carbons (Fsp3) is 0.214. The highest BCUT2D eigenvalue weighted by Gasteiger charge is 2.09. The Morgan fingerprint density at radius 3 is 2.70 bits per heavy atom. The van der Waals surface area contributed by atoms with Gasteiger partial charge in [0.2, 0.25) is 0 Å². The van der Waals surface area contributed by atoms with Crippen molar-refractivity contribution in [1.82, 2.24) is 9.97 Å². The Morgan fingerprint density at radius 2 is 2.05 bits per heavy atom. The van der Waals surface area contributed by atoms with E-state index < -0.39 is 0 Å². The second-order valence-electron chi connectivity index (χ2n) is 4.28. The number of nitrogens with one attached hydrogen (secondary N) is 1. The number of hydrogen-bond acceptors (Lipinski definition) is 6. The number of nitrogens with zero attached hydrogens (tertiary/aromatic N) is 4. The van der Waals surface area contributed by atoms with Gasteiger partial charge in [-0.25, -0.2) is 15.8 Å². The molecule has 20 heavy (non-hydrogen) atoms. The number of hydrazine groups is 1. The van der Waals surface area contributed by atoms with Crippen LogP contribution < -0.4 is 16.2 Å². The van der Waals surface area contributed by atoms with Gasteiger partial charge in [0.1, 0.15) is 11.6 Å². The Balaban J connectivity index is 2.37. The number of benzene rings is 1. The normalized spacial score (nSPS) is 9.85. The number of aromatic nitrogens is 2. The molecule has 0 saturated heterocycles. The van der Waals surface area contributed by atoms with E-state index in [1.807, 2.05) is 42.3 Å². The highest BCUT2D eigenvalue weighted by atomic mass is 15.3. The van der Waals surface area contributed by atoms with Gasteiger partial charge in [-0.3, -0.25) is 0 Å². The van der Waals surface area contributed by atoms with Crippen LogP contribution in [0.3, 0.4) is 0 Å². The molecule has 0 aliphatic carbocycles. The standard InChI is InChI=1S/C14H16N6/c1-20(9-5-8-15)13-10-12(19-16)17-14(18-13)11-6-3-2-4-7-11/h2-4,6-7,10H,5,9,16H2,1H3,(H,17,18,19). The highest BCUT2D eigenvalue weighted by Crippen LogP contribution is 2.21. The van der Waals surface area contributed by atoms with Crippen molar-refractivity contribution in [1.29, 1.82) is 5.26 Å². The summed E-state index contributed by atoms with van der Waals surface area (Å²) in [6, 6.07) is 13.6. The van der Waals surface area contributed by atoms with Gasteiger partial charge in [0, 0.05) is 25.2 Å². The molecule has 0 saturated carbocycles. The predicted molar refractivity (Wildman–Crippen MR) is 78.8 cm³/mol. The van der Waals surface area contributed by atoms with E-state index in [4.69, 9.17) is 11.1 Å². The number of anilines is 2. The highest BCUT2D eigenvalue weighted by molar-refractivity contribution is 5.61. The van der Waals surface area contributed by atoms with Gasteiger partial charge in [0.05, 0.1) is 12.5 Å². The van der Waals surface area contributed by atoms with Crippen LogP contribution in [0.1, 0.15) is 6.42 Å². The van der Waals surface area contributed by atoms with Crippen molar-refractivity contribution < 1.29 is 0 Å². The minimum atomic E-state index is 0.437. The molecule has 1 heterocycles. The molecule has 0 bridgehead atoms. The molecule has 0 aliphatic heterocycles. The lowest BCUT2D eigenvalue weighted by atomic mass is 10.2. The van der Waals surface area contributed by atoms with Crippen molar-refractivity contribution in [3.8, 4) is 17.5 Å². The van der Waals surface area contributed by atoms with Crippen molar-refractivity contribution in [2.75, 3.05) is 23.9 Å². The Hall–Kier alpha value is -2.65. The lowest BCUT2D eigenvalue weighted by molar-refractivity contribution is 0.881. The van der Waals surface area contributed by atoms with Crippen LogP contribution >= 0.6 is 0 Å². The minimum Gasteiger partial charge on any atom is -0.358 e. The van der Waals surface area contributed by atoms with Gasteiger partial charge in [-0.1, -0.05) is 30.3 Å². The molecule has 0 radical (unpaired) electrons. The first-order valence-corrected chi connectivity index (χ1v) is 6.24. The molecular weight excluding hydrogens is 252 g/mol. The Bertz CT molecular complexity index is 605. The summed E-state index contributed by atoms with van der Waals surface area (Å²) in [7, 11) is 1.88. The van der Waals surface area contributed by atoms with Crippen LogP contribution in [0.25, 0.3) is 11.4 Å². The van der Waals surface area contributed by atoms with Gasteiger partial charge in [-0.15, -0.1) is 0 Å². The monoisotopic (exact) mass is 268 g/mol. The summed E-state index contributed by atoms with van der Waals surface area (Å²) >= 11 is 0. The van der Waals surface area contributed by atoms with Gasteiger partial charge in [-0.2, -0.15) is 5.26 Å². The molecule has 102 valence electrons. The summed E-state index contributed by atoms with van der Waals surface area (Å²) in [5.41, 5.74) is 3.46. The number of rotatable bonds is 5. The molecule has 1 aromatic carbocycles. The minimum absolute atomic E-state index is 0.437. The maximum Gasteiger partial charge on any atom is 0.163 e. The third-order valence-electron chi connectivity index (χ3n) is 2.84. The van der Waals surface area contributed by atoms with Crippen LogP contribution in [-0.2, 0) is 0 Å². The van der Waals surface area contributed by atoms with Gasteiger partial charge < -0.3 is 10.3 Å². The quantitative estimate of drug-likeness (QED) is 0.634. The number of nitriles is 1. The molecule has 2 rings (SSSR count). The molecule has 6 heteroatoms. The number of nitrogen functional groups attached to an aromatic ring is 1. The van der Waals surface area contributed by atoms with E-state index in [2.05, 4.69) is 21.5 Å². The average Bonchev–Trinajstić information content (AvgIpc) is 2.52. The molecule has 0 spiro atoms. The summed E-state index contributed by atoms with van der Waals surface area (Å²) in [6.07, 6.45) is 0.437. The first kappa shape index (κ1) is 13.8. The summed E-state index contributed by atoms with van der Waals surface area (Å²) in [6.45, 7) is 0.603. The van der Waals surface area contributed by atoms with Crippen LogP contribution in [0, 0.1) is 11.3 Å². The number of hydrogen-bond donors (Lipinski definition) is 2. The summed E-state index contributed by atoms with van der Waals surface area (Å²) in [4.78, 5) is 10.8. The van der Waals surface area contributed by atoms with E-state index >= 15 is 0 Å². The summed E-state index contributed by atoms with van der Waals surface area (Å²) in [5.74, 6) is 7.32. The van der Waals surface area contributed by atoms with E-state index in [1.54, 1.807) is 6.07 Å². The molecule has 3 N–H and O–H groups in total. The zero-order chi connectivity index (χ0) is 14.4. The maximum absolute atomic E-state index is 8.65. The van der Waals surface area contributed by atoms with E-state index in [0.29, 0.717) is 24.6 Å². The second kappa shape index (κ2) is 6.50. The summed E-state index contributed by atoms with van der Waals surface area (Å²) in [5, 5.41) is 8.65. The fourth-order valence-electron chi connectivity index (χ4n) is 1.75. The zero-order valence-corrected chi connectivity index (χ0v) is 11.2. The molecular formula is C14H16N6. The van der Waals surface area contributed by atoms with Crippen molar-refractivity contribution in [2.24, 2.45) is 5.84 Å². The molecule has 2 aromatic rings. The van der Waals surface area contributed by atoms with Crippen molar-refractivity contribution in [2.45, 2.75) is 6.42 Å². The third kappa shape index (κ3) is 3.22. The summed E-state index contributed by atoms with van der Waals surface area (Å²) < 4.78 is 0. The topological polar surface area (TPSA) is 90.9 Å². The number of nitrogens with two attached hydrogens (primary N) is 1. The Kier molecular flexibility index (Phi) is 4.47. The van der Waals surface area contributed by atoms with Gasteiger partial charge in [-0.05, 0) is 0 Å². The Labute approximate surface area is 117 Å². The van der Waals surface area contributed by atoms with Crippen molar-refractivity contribution in [3.05, 3.63) is 36.4 Å². The van der Waals surface area contributed by atoms with Crippen LogP contribution in [0.4, 0.5) is 11.6 Å². The SMILES string of the molecule is CN(CCC#N)c1cc(NN)nc(-c2ccccc2)n1. The van der Waals surface area contributed by atoms with E-state index in [1.165, 1.54) is 0 Å². The van der Waals surface area contributed by atoms with Crippen molar-refractivity contribution in [3.63, 3.8) is 0 Å². The van der Waals surface area contributed by atoms with Crippen LogP contribution in [-0.4, -0.2) is 23.6 Å². The van der Waals surface area contributed by atoms with Crippen LogP contribution in [0.15, 0.2) is 36.4 Å². The molecule has 1 aromatic heterocycles. The molecule has 0 amide bonds. The van der Waals surface area contributed by atoms with Crippen LogP contribution in [0.5, 0.6) is 0 Å². The molecule has 6 nitrogen and oxygen atoms in total. The van der Waals surface area contributed by atoms with Gasteiger partial charge in [0.25, 0.3) is 0 Å². The maximum atomic E-state index is 8.65.